The number of rotatable bonds is 12. The van der Waals surface area contributed by atoms with E-state index in [1.54, 1.807) is 12.1 Å². The Labute approximate surface area is 188 Å². The number of carbonyl (C=O) groups is 1. The van der Waals surface area contributed by atoms with Crippen molar-refractivity contribution in [3.05, 3.63) is 91.0 Å². The van der Waals surface area contributed by atoms with Crippen LogP contribution in [0.25, 0.3) is 0 Å². The normalized spacial score (nSPS) is 10.2. The fraction of sp³-hybridized carbons (Fsp3) is 0.192. The number of ether oxygens (including phenoxy) is 3. The van der Waals surface area contributed by atoms with Gasteiger partial charge >= 0.3 is 0 Å². The monoisotopic (exact) mass is 432 g/mol. The molecule has 0 aliphatic rings. The summed E-state index contributed by atoms with van der Waals surface area (Å²) < 4.78 is 17.0. The molecule has 3 aromatic rings. The van der Waals surface area contributed by atoms with Crippen LogP contribution < -0.4 is 24.8 Å². The smallest absolute Gasteiger partial charge is 0.243 e. The van der Waals surface area contributed by atoms with Crippen molar-refractivity contribution in [1.29, 1.82) is 0 Å². The van der Waals surface area contributed by atoms with Crippen LogP contribution in [0.1, 0.15) is 6.92 Å². The Bertz CT molecular complexity index is 1000. The van der Waals surface area contributed by atoms with Gasteiger partial charge in [0, 0.05) is 5.69 Å². The fourth-order valence-corrected chi connectivity index (χ4v) is 2.79. The van der Waals surface area contributed by atoms with Crippen LogP contribution in [0.3, 0.4) is 0 Å². The molecule has 0 saturated heterocycles. The molecule has 32 heavy (non-hydrogen) atoms. The predicted octanol–water partition coefficient (Wildman–Crippen LogP) is 5.15. The molecule has 0 aromatic heterocycles. The maximum Gasteiger partial charge on any atom is 0.243 e. The van der Waals surface area contributed by atoms with Gasteiger partial charge in [0.2, 0.25) is 5.91 Å². The molecule has 0 spiro atoms. The molecule has 0 aliphatic heterocycles. The van der Waals surface area contributed by atoms with Gasteiger partial charge in [-0.1, -0.05) is 36.9 Å². The zero-order valence-corrected chi connectivity index (χ0v) is 18.2. The van der Waals surface area contributed by atoms with Crippen LogP contribution in [0, 0.1) is 0 Å². The molecule has 0 heterocycles. The highest BCUT2D eigenvalue weighted by molar-refractivity contribution is 5.94. The molecule has 1 amide bonds. The van der Waals surface area contributed by atoms with E-state index in [9.17, 15) is 4.79 Å². The first kappa shape index (κ1) is 22.7. The fourth-order valence-electron chi connectivity index (χ4n) is 2.79. The van der Waals surface area contributed by atoms with E-state index in [0.29, 0.717) is 37.0 Å². The average molecular weight is 433 g/mol. The zero-order chi connectivity index (χ0) is 22.6. The highest BCUT2D eigenvalue weighted by Crippen LogP contribution is 2.24. The minimum atomic E-state index is -0.162. The van der Waals surface area contributed by atoms with Crippen molar-refractivity contribution in [1.82, 2.24) is 0 Å². The summed E-state index contributed by atoms with van der Waals surface area (Å²) in [5, 5.41) is 5.97. The molecule has 0 unspecified atom stereocenters. The molecule has 6 nitrogen and oxygen atoms in total. The molecule has 6 heteroatoms. The summed E-state index contributed by atoms with van der Waals surface area (Å²) in [6.45, 7) is 7.16. The third-order valence-corrected chi connectivity index (χ3v) is 4.30. The molecule has 0 bridgehead atoms. The molecule has 2 N–H and O–H groups in total. The molecule has 166 valence electrons. The number of para-hydroxylation sites is 3. The first-order valence-electron chi connectivity index (χ1n) is 10.4. The Morgan fingerprint density at radius 2 is 1.44 bits per heavy atom. The van der Waals surface area contributed by atoms with Crippen molar-refractivity contribution in [2.75, 3.05) is 37.0 Å². The standard InChI is InChI=1S/C26H28N2O4/c1-20(2)19-32-25-11-7-6-10-24(25)27-18-26(29)28-21-12-14-23(15-13-21)31-17-16-30-22-8-4-3-5-9-22/h3-15,27H,1,16-19H2,2H3,(H,28,29). The van der Waals surface area contributed by atoms with E-state index in [1.165, 1.54) is 0 Å². The third kappa shape index (κ3) is 7.72. The number of nitrogens with one attached hydrogen (secondary N) is 2. The molecular formula is C26H28N2O4. The van der Waals surface area contributed by atoms with Crippen LogP contribution in [0.15, 0.2) is 91.0 Å². The van der Waals surface area contributed by atoms with Crippen LogP contribution in [-0.4, -0.2) is 32.3 Å². The second-order valence-corrected chi connectivity index (χ2v) is 7.18. The van der Waals surface area contributed by atoms with Crippen LogP contribution in [0.5, 0.6) is 17.2 Å². The Morgan fingerprint density at radius 1 is 0.812 bits per heavy atom. The Balaban J connectivity index is 1.40. The van der Waals surface area contributed by atoms with Gasteiger partial charge in [-0.2, -0.15) is 0 Å². The second kappa shape index (κ2) is 12.1. The minimum Gasteiger partial charge on any atom is -0.490 e. The predicted molar refractivity (Wildman–Crippen MR) is 128 cm³/mol. The summed E-state index contributed by atoms with van der Waals surface area (Å²) in [6, 6.07) is 24.3. The van der Waals surface area contributed by atoms with Crippen molar-refractivity contribution in [2.45, 2.75) is 6.92 Å². The molecule has 0 fully saturated rings. The van der Waals surface area contributed by atoms with Crippen LogP contribution in [0.2, 0.25) is 0 Å². The van der Waals surface area contributed by atoms with Gasteiger partial charge in [0.25, 0.3) is 0 Å². The van der Waals surface area contributed by atoms with Gasteiger partial charge in [-0.15, -0.1) is 0 Å². The van der Waals surface area contributed by atoms with Crippen molar-refractivity contribution < 1.29 is 19.0 Å². The number of hydrogen-bond acceptors (Lipinski definition) is 5. The zero-order valence-electron chi connectivity index (χ0n) is 18.2. The van der Waals surface area contributed by atoms with Crippen molar-refractivity contribution in [3.63, 3.8) is 0 Å². The van der Waals surface area contributed by atoms with E-state index in [4.69, 9.17) is 14.2 Å². The topological polar surface area (TPSA) is 68.8 Å². The summed E-state index contributed by atoms with van der Waals surface area (Å²) in [6.07, 6.45) is 0. The first-order chi connectivity index (χ1) is 15.6. The van der Waals surface area contributed by atoms with Crippen LogP contribution >= 0.6 is 0 Å². The molecule has 0 atom stereocenters. The molecule has 0 radical (unpaired) electrons. The summed E-state index contributed by atoms with van der Waals surface area (Å²) in [5.41, 5.74) is 2.37. The number of carbonyl (C=O) groups excluding carboxylic acids is 1. The van der Waals surface area contributed by atoms with E-state index in [1.807, 2.05) is 73.7 Å². The van der Waals surface area contributed by atoms with Crippen molar-refractivity contribution in [2.24, 2.45) is 0 Å². The Kier molecular flexibility index (Phi) is 8.57. The Hall–Kier alpha value is -3.93. The van der Waals surface area contributed by atoms with E-state index in [-0.39, 0.29) is 12.5 Å². The van der Waals surface area contributed by atoms with Gasteiger partial charge in [-0.25, -0.2) is 0 Å². The van der Waals surface area contributed by atoms with Crippen molar-refractivity contribution >= 4 is 17.3 Å². The lowest BCUT2D eigenvalue weighted by molar-refractivity contribution is -0.114. The van der Waals surface area contributed by atoms with E-state index in [0.717, 1.165) is 17.0 Å². The lowest BCUT2D eigenvalue weighted by atomic mass is 10.2. The quantitative estimate of drug-likeness (QED) is 0.306. The molecule has 0 aliphatic carbocycles. The lowest BCUT2D eigenvalue weighted by Crippen LogP contribution is -2.22. The maximum absolute atomic E-state index is 12.3. The van der Waals surface area contributed by atoms with Crippen LogP contribution in [0.4, 0.5) is 11.4 Å². The third-order valence-electron chi connectivity index (χ3n) is 4.30. The number of anilines is 2. The summed E-state index contributed by atoms with van der Waals surface area (Å²) in [5.74, 6) is 2.04. The van der Waals surface area contributed by atoms with Gasteiger partial charge < -0.3 is 24.8 Å². The van der Waals surface area contributed by atoms with E-state index in [2.05, 4.69) is 17.2 Å². The number of benzene rings is 3. The number of hydrogen-bond donors (Lipinski definition) is 2. The highest BCUT2D eigenvalue weighted by atomic mass is 16.5. The average Bonchev–Trinajstić information content (AvgIpc) is 2.81. The molecule has 3 rings (SSSR count). The highest BCUT2D eigenvalue weighted by Gasteiger charge is 2.07. The molecular weight excluding hydrogens is 404 g/mol. The van der Waals surface area contributed by atoms with Gasteiger partial charge in [0.05, 0.1) is 12.2 Å². The minimum absolute atomic E-state index is 0.114. The van der Waals surface area contributed by atoms with Crippen molar-refractivity contribution in [3.8, 4) is 17.2 Å². The Morgan fingerprint density at radius 3 is 2.12 bits per heavy atom. The van der Waals surface area contributed by atoms with Gasteiger partial charge in [-0.05, 0) is 61.0 Å². The largest absolute Gasteiger partial charge is 0.490 e. The summed E-state index contributed by atoms with van der Waals surface area (Å²) in [7, 11) is 0. The summed E-state index contributed by atoms with van der Waals surface area (Å²) >= 11 is 0. The summed E-state index contributed by atoms with van der Waals surface area (Å²) in [4.78, 5) is 12.3. The number of amides is 1. The second-order valence-electron chi connectivity index (χ2n) is 7.18. The SMILES string of the molecule is C=C(C)COc1ccccc1NCC(=O)Nc1ccc(OCCOc2ccccc2)cc1. The van der Waals surface area contributed by atoms with Gasteiger partial charge in [0.15, 0.2) is 0 Å². The van der Waals surface area contributed by atoms with Gasteiger partial charge in [0.1, 0.15) is 37.1 Å². The lowest BCUT2D eigenvalue weighted by Gasteiger charge is -2.13. The van der Waals surface area contributed by atoms with E-state index >= 15 is 0 Å². The van der Waals surface area contributed by atoms with E-state index < -0.39 is 0 Å². The maximum atomic E-state index is 12.3. The van der Waals surface area contributed by atoms with Crippen LogP contribution in [-0.2, 0) is 4.79 Å². The molecule has 3 aromatic carbocycles. The van der Waals surface area contributed by atoms with Gasteiger partial charge in [-0.3, -0.25) is 4.79 Å². The first-order valence-corrected chi connectivity index (χ1v) is 10.4. The molecule has 0 saturated carbocycles.